The highest BCUT2D eigenvalue weighted by Gasteiger charge is 2.52. The number of hydrogen-bond acceptors (Lipinski definition) is 3. The molecule has 192 valence electrons. The van der Waals surface area contributed by atoms with Gasteiger partial charge in [-0.25, -0.2) is 0 Å². The van der Waals surface area contributed by atoms with Crippen LogP contribution >= 0.6 is 0 Å². The number of ether oxygens (including phenoxy) is 1. The first kappa shape index (κ1) is 24.3. The van der Waals surface area contributed by atoms with Crippen LogP contribution in [0.2, 0.25) is 0 Å². The van der Waals surface area contributed by atoms with Gasteiger partial charge >= 0.3 is 0 Å². The summed E-state index contributed by atoms with van der Waals surface area (Å²) in [6.45, 7) is 9.03. The molecule has 0 heterocycles. The Labute approximate surface area is 221 Å². The Kier molecular flexibility index (Phi) is 6.13. The molecule has 3 aromatic rings. The third kappa shape index (κ3) is 4.37. The van der Waals surface area contributed by atoms with Crippen LogP contribution in [0.1, 0.15) is 73.3 Å². The van der Waals surface area contributed by atoms with Crippen molar-refractivity contribution in [3.05, 3.63) is 76.3 Å². The van der Waals surface area contributed by atoms with Crippen molar-refractivity contribution in [2.24, 2.45) is 22.7 Å². The van der Waals surface area contributed by atoms with Gasteiger partial charge in [-0.1, -0.05) is 30.3 Å². The molecular weight excluding hydrogens is 454 g/mol. The van der Waals surface area contributed by atoms with Gasteiger partial charge in [-0.15, -0.1) is 0 Å². The van der Waals surface area contributed by atoms with Crippen molar-refractivity contribution in [3.8, 4) is 22.6 Å². The molecule has 4 bridgehead atoms. The third-order valence-electron chi connectivity index (χ3n) is 9.15. The summed E-state index contributed by atoms with van der Waals surface area (Å²) in [5, 5.41) is 11.6. The molecule has 0 saturated heterocycles. The standard InChI is InChI=1S/C34H39NO2/c1-5-37-31-13-21(2)10-23(4)32(31)28-8-6-7-9-30(28)35-20-27-11-22(3)12-29(33(27)36)34-17-24-14-25(18-34)16-26(15-24)19-34/h6-13,20,24-26,36H,5,14-19H2,1-4H3. The monoisotopic (exact) mass is 493 g/mol. The summed E-state index contributed by atoms with van der Waals surface area (Å²) < 4.78 is 6.05. The molecule has 0 spiro atoms. The Bertz CT molecular complexity index is 1330. The van der Waals surface area contributed by atoms with Crippen LogP contribution in [0, 0.1) is 38.5 Å². The van der Waals surface area contributed by atoms with Crippen LogP contribution in [0.3, 0.4) is 0 Å². The van der Waals surface area contributed by atoms with E-state index in [2.05, 4.69) is 57.2 Å². The molecule has 3 heteroatoms. The molecule has 4 aliphatic rings. The van der Waals surface area contributed by atoms with E-state index in [1.165, 1.54) is 60.8 Å². The fraction of sp³-hybridized carbons (Fsp3) is 0.441. The molecule has 7 rings (SSSR count). The summed E-state index contributed by atoms with van der Waals surface area (Å²) in [5.74, 6) is 3.85. The largest absolute Gasteiger partial charge is 0.507 e. The van der Waals surface area contributed by atoms with E-state index in [1.54, 1.807) is 0 Å². The topological polar surface area (TPSA) is 41.8 Å². The zero-order valence-electron chi connectivity index (χ0n) is 22.7. The van der Waals surface area contributed by atoms with Gasteiger partial charge in [-0.2, -0.15) is 0 Å². The highest BCUT2D eigenvalue weighted by molar-refractivity contribution is 5.90. The summed E-state index contributed by atoms with van der Waals surface area (Å²) in [6.07, 6.45) is 9.79. The molecule has 4 saturated carbocycles. The Hall–Kier alpha value is -3.07. The van der Waals surface area contributed by atoms with Gasteiger partial charge in [-0.3, -0.25) is 4.99 Å². The molecule has 4 aliphatic carbocycles. The third-order valence-corrected chi connectivity index (χ3v) is 9.15. The van der Waals surface area contributed by atoms with Crippen LogP contribution in [0.15, 0.2) is 53.5 Å². The van der Waals surface area contributed by atoms with E-state index in [1.807, 2.05) is 25.3 Å². The van der Waals surface area contributed by atoms with Crippen LogP contribution in [0.4, 0.5) is 5.69 Å². The number of benzene rings is 3. The maximum Gasteiger partial charge on any atom is 0.128 e. The molecule has 0 atom stereocenters. The van der Waals surface area contributed by atoms with Crippen LogP contribution in [0.5, 0.6) is 11.5 Å². The van der Waals surface area contributed by atoms with Crippen LogP contribution in [-0.2, 0) is 5.41 Å². The fourth-order valence-corrected chi connectivity index (χ4v) is 8.23. The molecule has 4 fully saturated rings. The number of rotatable bonds is 6. The minimum atomic E-state index is 0.150. The van der Waals surface area contributed by atoms with E-state index < -0.39 is 0 Å². The lowest BCUT2D eigenvalue weighted by Crippen LogP contribution is -2.48. The van der Waals surface area contributed by atoms with Gasteiger partial charge in [0.25, 0.3) is 0 Å². The van der Waals surface area contributed by atoms with E-state index in [9.17, 15) is 5.11 Å². The van der Waals surface area contributed by atoms with Crippen molar-refractivity contribution in [1.29, 1.82) is 0 Å². The fourth-order valence-electron chi connectivity index (χ4n) is 8.23. The normalized spacial score (nSPS) is 26.2. The van der Waals surface area contributed by atoms with Crippen molar-refractivity contribution in [2.75, 3.05) is 6.61 Å². The van der Waals surface area contributed by atoms with Gasteiger partial charge in [0.05, 0.1) is 12.3 Å². The highest BCUT2D eigenvalue weighted by atomic mass is 16.5. The summed E-state index contributed by atoms with van der Waals surface area (Å²) >= 11 is 0. The van der Waals surface area contributed by atoms with Gasteiger partial charge in [0.1, 0.15) is 11.5 Å². The molecule has 37 heavy (non-hydrogen) atoms. The van der Waals surface area contributed by atoms with Gasteiger partial charge in [0.2, 0.25) is 0 Å². The second-order valence-corrected chi connectivity index (χ2v) is 12.1. The van der Waals surface area contributed by atoms with Crippen molar-refractivity contribution in [3.63, 3.8) is 0 Å². The van der Waals surface area contributed by atoms with Gasteiger partial charge in [0.15, 0.2) is 0 Å². The molecule has 0 aliphatic heterocycles. The molecule has 1 N–H and O–H groups in total. The van der Waals surface area contributed by atoms with Crippen LogP contribution in [-0.4, -0.2) is 17.9 Å². The molecular formula is C34H39NO2. The zero-order valence-corrected chi connectivity index (χ0v) is 22.7. The number of phenols is 1. The average molecular weight is 494 g/mol. The van der Waals surface area contributed by atoms with Crippen molar-refractivity contribution < 1.29 is 9.84 Å². The lowest BCUT2D eigenvalue weighted by Gasteiger charge is -2.57. The second-order valence-electron chi connectivity index (χ2n) is 12.1. The van der Waals surface area contributed by atoms with E-state index in [0.717, 1.165) is 45.9 Å². The number of phenolic OH excluding ortho intramolecular Hbond substituents is 1. The summed E-state index contributed by atoms with van der Waals surface area (Å²) in [7, 11) is 0. The van der Waals surface area contributed by atoms with Gasteiger partial charge < -0.3 is 9.84 Å². The number of aryl methyl sites for hydroxylation is 3. The van der Waals surface area contributed by atoms with Crippen molar-refractivity contribution >= 4 is 11.9 Å². The number of nitrogens with zero attached hydrogens (tertiary/aromatic N) is 1. The van der Waals surface area contributed by atoms with Crippen molar-refractivity contribution in [2.45, 2.75) is 71.6 Å². The lowest BCUT2D eigenvalue weighted by molar-refractivity contribution is -0.00616. The highest BCUT2D eigenvalue weighted by Crippen LogP contribution is 2.62. The number of hydrogen-bond donors (Lipinski definition) is 1. The zero-order chi connectivity index (χ0) is 25.7. The smallest absolute Gasteiger partial charge is 0.128 e. The molecule has 3 aromatic carbocycles. The predicted octanol–water partition coefficient (Wildman–Crippen LogP) is 8.60. The summed E-state index contributed by atoms with van der Waals surface area (Å²) in [4.78, 5) is 4.97. The molecule has 0 unspecified atom stereocenters. The van der Waals surface area contributed by atoms with E-state index in [4.69, 9.17) is 9.73 Å². The SMILES string of the molecule is CCOc1cc(C)cc(C)c1-c1ccccc1N=Cc1cc(C)cc(C23CC4CC(CC(C4)C2)C3)c1O. The van der Waals surface area contributed by atoms with Crippen molar-refractivity contribution in [1.82, 2.24) is 0 Å². The first-order valence-electron chi connectivity index (χ1n) is 14.1. The molecule has 0 radical (unpaired) electrons. The van der Waals surface area contributed by atoms with Crippen LogP contribution < -0.4 is 4.74 Å². The minimum Gasteiger partial charge on any atom is -0.507 e. The van der Waals surface area contributed by atoms with Gasteiger partial charge in [-0.05, 0) is 124 Å². The maximum atomic E-state index is 11.6. The van der Waals surface area contributed by atoms with E-state index in [0.29, 0.717) is 12.4 Å². The minimum absolute atomic E-state index is 0.150. The second kappa shape index (κ2) is 9.35. The number of para-hydroxylation sites is 1. The molecule has 0 amide bonds. The summed E-state index contributed by atoms with van der Waals surface area (Å²) in [5.41, 5.74) is 8.73. The molecule has 3 nitrogen and oxygen atoms in total. The first-order chi connectivity index (χ1) is 17.8. The van der Waals surface area contributed by atoms with Crippen LogP contribution in [0.25, 0.3) is 11.1 Å². The van der Waals surface area contributed by atoms with E-state index in [-0.39, 0.29) is 5.41 Å². The van der Waals surface area contributed by atoms with Gasteiger partial charge in [0, 0.05) is 28.5 Å². The predicted molar refractivity (Wildman–Crippen MR) is 152 cm³/mol. The Morgan fingerprint density at radius 3 is 2.24 bits per heavy atom. The summed E-state index contributed by atoms with van der Waals surface area (Å²) in [6, 6.07) is 16.9. The number of aliphatic imine (C=N–C) groups is 1. The quantitative estimate of drug-likeness (QED) is 0.349. The maximum absolute atomic E-state index is 11.6. The molecule has 0 aromatic heterocycles. The first-order valence-corrected chi connectivity index (χ1v) is 14.1. The van der Waals surface area contributed by atoms with E-state index >= 15 is 0 Å². The Morgan fingerprint density at radius 1 is 0.919 bits per heavy atom. The Balaban J connectivity index is 1.39. The number of aromatic hydroxyl groups is 1. The Morgan fingerprint density at radius 2 is 1.57 bits per heavy atom. The average Bonchev–Trinajstić information content (AvgIpc) is 2.84. The lowest BCUT2D eigenvalue weighted by atomic mass is 9.48.